The quantitative estimate of drug-likeness (QED) is 0.472. The number of hydrogen-bond acceptors (Lipinski definition) is 7. The molecule has 1 fully saturated rings. The maximum absolute atomic E-state index is 13.0. The number of anilines is 3. The summed E-state index contributed by atoms with van der Waals surface area (Å²) in [5.74, 6) is 0.949. The summed E-state index contributed by atoms with van der Waals surface area (Å²) in [6.45, 7) is 5.52. The van der Waals surface area contributed by atoms with E-state index in [-0.39, 0.29) is 10.9 Å². The fourth-order valence-corrected chi connectivity index (χ4v) is 5.26. The fraction of sp³-hybridized carbons (Fsp3) is 0.381. The summed E-state index contributed by atoms with van der Waals surface area (Å²) in [4.78, 5) is 7.83. The van der Waals surface area contributed by atoms with Crippen LogP contribution in [0.5, 0.6) is 5.75 Å². The van der Waals surface area contributed by atoms with Gasteiger partial charge >= 0.3 is 0 Å². The van der Waals surface area contributed by atoms with Gasteiger partial charge in [-0.3, -0.25) is 0 Å². The number of H-pyrrole nitrogens is 1. The number of benzene rings is 1. The number of nitrogens with zero attached hydrogens (tertiary/aromatic N) is 2. The number of rotatable bonds is 7. The number of pyridine rings is 1. The van der Waals surface area contributed by atoms with Crippen molar-refractivity contribution in [1.82, 2.24) is 14.3 Å². The van der Waals surface area contributed by atoms with Crippen LogP contribution >= 0.6 is 11.6 Å². The summed E-state index contributed by atoms with van der Waals surface area (Å²) in [6.07, 6.45) is 1.69. The second-order valence-corrected chi connectivity index (χ2v) is 10.1. The molecule has 0 unspecified atom stereocenters. The lowest BCUT2D eigenvalue weighted by atomic mass is 10.2. The predicted molar refractivity (Wildman–Crippen MR) is 126 cm³/mol. The van der Waals surface area contributed by atoms with Gasteiger partial charge in [0.25, 0.3) is 0 Å². The number of aromatic nitrogens is 2. The molecule has 2 aromatic heterocycles. The minimum atomic E-state index is -3.63. The van der Waals surface area contributed by atoms with Crippen molar-refractivity contribution in [1.29, 1.82) is 0 Å². The third-order valence-corrected chi connectivity index (χ3v) is 7.27. The SMILES string of the molecule is COc1cc(S(=O)(=O)N2CCOCC2)ccc1Nc1cc(NC(C)C)c2c(Cl)c[nH]c2n1. The van der Waals surface area contributed by atoms with E-state index < -0.39 is 10.0 Å². The first kappa shape index (κ1) is 22.7. The zero-order valence-corrected chi connectivity index (χ0v) is 19.7. The third kappa shape index (κ3) is 4.49. The maximum atomic E-state index is 13.0. The van der Waals surface area contributed by atoms with Crippen molar-refractivity contribution in [3.8, 4) is 5.75 Å². The Kier molecular flexibility index (Phi) is 6.47. The second-order valence-electron chi connectivity index (χ2n) is 7.72. The summed E-state index contributed by atoms with van der Waals surface area (Å²) in [6, 6.07) is 6.81. The molecule has 3 aromatic rings. The number of halogens is 1. The Morgan fingerprint density at radius 1 is 1.22 bits per heavy atom. The highest BCUT2D eigenvalue weighted by Gasteiger charge is 2.27. The molecule has 1 aliphatic rings. The van der Waals surface area contributed by atoms with Gasteiger partial charge in [-0.2, -0.15) is 4.31 Å². The molecular formula is C21H26ClN5O4S. The van der Waals surface area contributed by atoms with Gasteiger partial charge in [0, 0.05) is 37.5 Å². The molecule has 1 saturated heterocycles. The number of methoxy groups -OCH3 is 1. The Balaban J connectivity index is 1.67. The fourth-order valence-electron chi connectivity index (χ4n) is 3.59. The van der Waals surface area contributed by atoms with Gasteiger partial charge in [0.1, 0.15) is 17.2 Å². The van der Waals surface area contributed by atoms with Gasteiger partial charge in [-0.25, -0.2) is 13.4 Å². The first-order valence-corrected chi connectivity index (χ1v) is 12.1. The molecule has 3 N–H and O–H groups in total. The Labute approximate surface area is 192 Å². The normalized spacial score (nSPS) is 15.3. The molecule has 0 bridgehead atoms. The Morgan fingerprint density at radius 2 is 1.97 bits per heavy atom. The van der Waals surface area contributed by atoms with Gasteiger partial charge in [-0.05, 0) is 26.0 Å². The molecule has 4 rings (SSSR count). The third-order valence-electron chi connectivity index (χ3n) is 5.08. The van der Waals surface area contributed by atoms with Crippen LogP contribution in [0.2, 0.25) is 5.02 Å². The summed E-state index contributed by atoms with van der Waals surface area (Å²) in [5, 5.41) is 8.00. The van der Waals surface area contributed by atoms with Crippen LogP contribution in [0, 0.1) is 0 Å². The van der Waals surface area contributed by atoms with E-state index in [1.54, 1.807) is 18.3 Å². The smallest absolute Gasteiger partial charge is 0.243 e. The van der Waals surface area contributed by atoms with Crippen LogP contribution in [0.15, 0.2) is 35.4 Å². The summed E-state index contributed by atoms with van der Waals surface area (Å²) >= 11 is 6.33. The summed E-state index contributed by atoms with van der Waals surface area (Å²) < 4.78 is 38.1. The number of aromatic amines is 1. The van der Waals surface area contributed by atoms with E-state index in [4.69, 9.17) is 21.1 Å². The van der Waals surface area contributed by atoms with Crippen molar-refractivity contribution in [3.63, 3.8) is 0 Å². The van der Waals surface area contributed by atoms with Crippen LogP contribution < -0.4 is 15.4 Å². The molecule has 0 saturated carbocycles. The van der Waals surface area contributed by atoms with Gasteiger partial charge < -0.3 is 25.1 Å². The van der Waals surface area contributed by atoms with E-state index in [9.17, 15) is 8.42 Å². The molecule has 0 amide bonds. The molecule has 172 valence electrons. The van der Waals surface area contributed by atoms with E-state index in [0.29, 0.717) is 54.2 Å². The number of nitrogens with one attached hydrogen (secondary N) is 3. The molecular weight excluding hydrogens is 454 g/mol. The summed E-state index contributed by atoms with van der Waals surface area (Å²) in [7, 11) is -2.13. The first-order chi connectivity index (χ1) is 15.3. The van der Waals surface area contributed by atoms with E-state index in [1.165, 1.54) is 17.5 Å². The van der Waals surface area contributed by atoms with Crippen LogP contribution in [-0.2, 0) is 14.8 Å². The van der Waals surface area contributed by atoms with Crippen LogP contribution in [0.1, 0.15) is 13.8 Å². The molecule has 1 aromatic carbocycles. The van der Waals surface area contributed by atoms with Crippen molar-refractivity contribution in [2.24, 2.45) is 0 Å². The van der Waals surface area contributed by atoms with Crippen molar-refractivity contribution in [3.05, 3.63) is 35.5 Å². The van der Waals surface area contributed by atoms with E-state index in [0.717, 1.165) is 11.1 Å². The summed E-state index contributed by atoms with van der Waals surface area (Å²) in [5.41, 5.74) is 2.06. The van der Waals surface area contributed by atoms with Crippen molar-refractivity contribution >= 4 is 49.9 Å². The zero-order valence-electron chi connectivity index (χ0n) is 18.1. The van der Waals surface area contributed by atoms with Gasteiger partial charge in [0.05, 0.1) is 47.0 Å². The number of morpholine rings is 1. The molecule has 0 radical (unpaired) electrons. The standard InChI is InChI=1S/C21H26ClN5O4S/c1-13(2)24-17-11-19(26-21-20(17)15(22)12-23-21)25-16-5-4-14(10-18(16)30-3)32(28,29)27-6-8-31-9-7-27/h4-5,10-13H,6-9H2,1-3H3,(H3,23,24,25,26). The minimum Gasteiger partial charge on any atom is -0.495 e. The average Bonchev–Trinajstić information content (AvgIpc) is 3.15. The number of sulfonamides is 1. The van der Waals surface area contributed by atoms with Gasteiger partial charge in [0.2, 0.25) is 10.0 Å². The van der Waals surface area contributed by atoms with Crippen LogP contribution in [0.3, 0.4) is 0 Å². The minimum absolute atomic E-state index is 0.170. The molecule has 1 aliphatic heterocycles. The van der Waals surface area contributed by atoms with Gasteiger partial charge in [0.15, 0.2) is 0 Å². The highest BCUT2D eigenvalue weighted by Crippen LogP contribution is 2.35. The lowest BCUT2D eigenvalue weighted by Crippen LogP contribution is -2.40. The highest BCUT2D eigenvalue weighted by molar-refractivity contribution is 7.89. The first-order valence-electron chi connectivity index (χ1n) is 10.3. The van der Waals surface area contributed by atoms with E-state index in [2.05, 4.69) is 20.6 Å². The lowest BCUT2D eigenvalue weighted by molar-refractivity contribution is 0.0730. The Hall–Kier alpha value is -2.53. The highest BCUT2D eigenvalue weighted by atomic mass is 35.5. The molecule has 11 heteroatoms. The number of hydrogen-bond donors (Lipinski definition) is 3. The van der Waals surface area contributed by atoms with Crippen LogP contribution in [0.25, 0.3) is 11.0 Å². The second kappa shape index (κ2) is 9.14. The van der Waals surface area contributed by atoms with Gasteiger partial charge in [-0.15, -0.1) is 0 Å². The molecule has 32 heavy (non-hydrogen) atoms. The topological polar surface area (TPSA) is 109 Å². The monoisotopic (exact) mass is 479 g/mol. The zero-order chi connectivity index (χ0) is 22.9. The van der Waals surface area contributed by atoms with Crippen molar-refractivity contribution < 1.29 is 17.9 Å². The predicted octanol–water partition coefficient (Wildman–Crippen LogP) is 3.81. The maximum Gasteiger partial charge on any atom is 0.243 e. The van der Waals surface area contributed by atoms with Crippen molar-refractivity contribution in [2.45, 2.75) is 24.8 Å². The largest absolute Gasteiger partial charge is 0.495 e. The van der Waals surface area contributed by atoms with Gasteiger partial charge in [-0.1, -0.05) is 11.6 Å². The molecule has 3 heterocycles. The molecule has 0 spiro atoms. The Morgan fingerprint density at radius 3 is 2.66 bits per heavy atom. The Bertz CT molecular complexity index is 1220. The van der Waals surface area contributed by atoms with Crippen LogP contribution in [0.4, 0.5) is 17.2 Å². The lowest BCUT2D eigenvalue weighted by Gasteiger charge is -2.26. The van der Waals surface area contributed by atoms with Crippen molar-refractivity contribution in [2.75, 3.05) is 44.0 Å². The molecule has 0 aliphatic carbocycles. The van der Waals surface area contributed by atoms with Crippen LogP contribution in [-0.4, -0.2) is 62.1 Å². The molecule has 0 atom stereocenters. The van der Waals surface area contributed by atoms with E-state index in [1.807, 2.05) is 19.9 Å². The average molecular weight is 480 g/mol. The molecule has 9 nitrogen and oxygen atoms in total. The number of fused-ring (bicyclic) bond motifs is 1. The number of ether oxygens (including phenoxy) is 2. The van der Waals surface area contributed by atoms with E-state index >= 15 is 0 Å².